The minimum Gasteiger partial charge on any atom is -0.327 e. The molecule has 1 rings (SSSR count). The van der Waals surface area contributed by atoms with Gasteiger partial charge in [-0.1, -0.05) is 23.9 Å². The van der Waals surface area contributed by atoms with E-state index in [1.165, 1.54) is 24.3 Å². The van der Waals surface area contributed by atoms with Crippen molar-refractivity contribution in [3.05, 3.63) is 29.8 Å². The Hall–Kier alpha value is -0.680. The smallest absolute Gasteiger partial charge is 0.288 e. The Labute approximate surface area is 84.5 Å². The Morgan fingerprint density at radius 2 is 1.71 bits per heavy atom. The third-order valence-electron chi connectivity index (χ3n) is 1.67. The van der Waals surface area contributed by atoms with Gasteiger partial charge in [0.15, 0.2) is 0 Å². The van der Waals surface area contributed by atoms with Crippen LogP contribution in [-0.2, 0) is 0 Å². The summed E-state index contributed by atoms with van der Waals surface area (Å²) in [6.07, 6.45) is -1.22. The highest BCUT2D eigenvalue weighted by Gasteiger charge is 2.08. The molecule has 0 aliphatic carbocycles. The van der Waals surface area contributed by atoms with E-state index in [0.717, 1.165) is 0 Å². The van der Waals surface area contributed by atoms with E-state index in [9.17, 15) is 13.2 Å². The second-order valence-corrected chi connectivity index (χ2v) is 3.71. The lowest BCUT2D eigenvalue weighted by Crippen LogP contribution is -2.07. The maximum Gasteiger partial charge on any atom is 0.288 e. The molecule has 0 heterocycles. The van der Waals surface area contributed by atoms with Gasteiger partial charge in [-0.05, 0) is 17.7 Å². The molecule has 0 bridgehead atoms. The predicted octanol–water partition coefficient (Wildman–Crippen LogP) is 2.97. The molecule has 0 aromatic heterocycles. The second-order valence-electron chi connectivity index (χ2n) is 2.65. The topological polar surface area (TPSA) is 26.0 Å². The van der Waals surface area contributed by atoms with Crippen molar-refractivity contribution in [2.75, 3.05) is 6.54 Å². The van der Waals surface area contributed by atoms with Crippen molar-refractivity contribution >= 4 is 11.8 Å². The fraction of sp³-hybridized carbons (Fsp3) is 0.333. The Balaban J connectivity index is 2.68. The molecule has 1 nitrogen and oxygen atoms in total. The van der Waals surface area contributed by atoms with Gasteiger partial charge in [0, 0.05) is 11.4 Å². The van der Waals surface area contributed by atoms with Crippen LogP contribution in [-0.4, -0.2) is 12.3 Å². The third kappa shape index (κ3) is 3.23. The lowest BCUT2D eigenvalue weighted by molar-refractivity contribution is 0.252. The van der Waals surface area contributed by atoms with E-state index in [2.05, 4.69) is 0 Å². The average molecular weight is 221 g/mol. The van der Waals surface area contributed by atoms with Gasteiger partial charge < -0.3 is 5.73 Å². The average Bonchev–Trinajstić information content (AvgIpc) is 2.17. The molecule has 0 spiro atoms. The zero-order valence-electron chi connectivity index (χ0n) is 7.29. The number of nitrogens with two attached hydrogens (primary N) is 1. The molecule has 0 fully saturated rings. The van der Waals surface area contributed by atoms with Crippen LogP contribution in [0.4, 0.5) is 13.2 Å². The zero-order valence-corrected chi connectivity index (χ0v) is 8.11. The van der Waals surface area contributed by atoms with Gasteiger partial charge in [-0.15, -0.1) is 0 Å². The van der Waals surface area contributed by atoms with Crippen LogP contribution < -0.4 is 5.73 Å². The summed E-state index contributed by atoms with van der Waals surface area (Å²) in [6, 6.07) is 5.88. The fourth-order valence-electron chi connectivity index (χ4n) is 0.994. The standard InChI is InChI=1S/C9H10F3NS/c10-8(5-13)6-1-3-7(4-2-6)14-9(11)12/h1-4,8-9H,5,13H2. The van der Waals surface area contributed by atoms with E-state index >= 15 is 0 Å². The van der Waals surface area contributed by atoms with Gasteiger partial charge in [-0.25, -0.2) is 4.39 Å². The first-order chi connectivity index (χ1) is 6.63. The van der Waals surface area contributed by atoms with E-state index < -0.39 is 11.9 Å². The number of hydrogen-bond acceptors (Lipinski definition) is 2. The largest absolute Gasteiger partial charge is 0.327 e. The van der Waals surface area contributed by atoms with Gasteiger partial charge >= 0.3 is 0 Å². The molecular formula is C9H10F3NS. The molecule has 0 radical (unpaired) electrons. The quantitative estimate of drug-likeness (QED) is 0.791. The molecule has 1 aromatic rings. The molecule has 0 aliphatic rings. The molecule has 14 heavy (non-hydrogen) atoms. The Morgan fingerprint density at radius 1 is 1.14 bits per heavy atom. The van der Waals surface area contributed by atoms with Gasteiger partial charge in [0.25, 0.3) is 5.76 Å². The molecule has 1 aromatic carbocycles. The molecular weight excluding hydrogens is 211 g/mol. The van der Waals surface area contributed by atoms with Crippen LogP contribution >= 0.6 is 11.8 Å². The van der Waals surface area contributed by atoms with E-state index in [-0.39, 0.29) is 6.54 Å². The van der Waals surface area contributed by atoms with Crippen molar-refractivity contribution in [3.63, 3.8) is 0 Å². The highest BCUT2D eigenvalue weighted by atomic mass is 32.2. The van der Waals surface area contributed by atoms with Gasteiger partial charge in [-0.3, -0.25) is 0 Å². The summed E-state index contributed by atoms with van der Waals surface area (Å²) >= 11 is 0.439. The van der Waals surface area contributed by atoms with Crippen LogP contribution in [0.2, 0.25) is 0 Å². The highest BCUT2D eigenvalue weighted by molar-refractivity contribution is 7.99. The number of benzene rings is 1. The van der Waals surface area contributed by atoms with Crippen LogP contribution in [0.5, 0.6) is 0 Å². The summed E-state index contributed by atoms with van der Waals surface area (Å²) in [5.74, 6) is -2.45. The van der Waals surface area contributed by atoms with E-state index in [1.54, 1.807) is 0 Å². The number of halogens is 3. The zero-order chi connectivity index (χ0) is 10.6. The fourth-order valence-corrected chi connectivity index (χ4v) is 1.49. The van der Waals surface area contributed by atoms with Crippen molar-refractivity contribution < 1.29 is 13.2 Å². The molecule has 0 saturated heterocycles. The van der Waals surface area contributed by atoms with Crippen molar-refractivity contribution in [1.29, 1.82) is 0 Å². The normalized spacial score (nSPS) is 13.2. The van der Waals surface area contributed by atoms with Gasteiger partial charge in [0.2, 0.25) is 0 Å². The molecule has 1 unspecified atom stereocenters. The van der Waals surface area contributed by atoms with Crippen molar-refractivity contribution in [1.82, 2.24) is 0 Å². The lowest BCUT2D eigenvalue weighted by Gasteiger charge is -2.06. The summed E-state index contributed by atoms with van der Waals surface area (Å²) in [5, 5.41) is 0. The van der Waals surface area contributed by atoms with Crippen LogP contribution in [0.1, 0.15) is 11.7 Å². The van der Waals surface area contributed by atoms with Gasteiger partial charge in [-0.2, -0.15) is 8.78 Å². The van der Waals surface area contributed by atoms with Gasteiger partial charge in [0.1, 0.15) is 6.17 Å². The van der Waals surface area contributed by atoms with Crippen LogP contribution in [0.15, 0.2) is 29.2 Å². The van der Waals surface area contributed by atoms with E-state index in [4.69, 9.17) is 5.73 Å². The third-order valence-corrected chi connectivity index (χ3v) is 2.40. The summed E-state index contributed by atoms with van der Waals surface area (Å²) in [5.41, 5.74) is 5.54. The molecule has 0 saturated carbocycles. The maximum absolute atomic E-state index is 13.0. The van der Waals surface area contributed by atoms with Crippen molar-refractivity contribution in [3.8, 4) is 0 Å². The first kappa shape index (κ1) is 11.4. The highest BCUT2D eigenvalue weighted by Crippen LogP contribution is 2.26. The molecule has 0 amide bonds. The Morgan fingerprint density at radius 3 is 2.14 bits per heavy atom. The molecule has 2 N–H and O–H groups in total. The summed E-state index contributed by atoms with van der Waals surface area (Å²) in [7, 11) is 0. The number of rotatable bonds is 4. The van der Waals surface area contributed by atoms with Crippen LogP contribution in [0.3, 0.4) is 0 Å². The predicted molar refractivity (Wildman–Crippen MR) is 51.2 cm³/mol. The molecule has 1 atom stereocenters. The first-order valence-electron chi connectivity index (χ1n) is 4.02. The first-order valence-corrected chi connectivity index (χ1v) is 4.90. The lowest BCUT2D eigenvalue weighted by atomic mass is 10.1. The molecule has 78 valence electrons. The summed E-state index contributed by atoms with van der Waals surface area (Å²) < 4.78 is 36.8. The number of hydrogen-bond donors (Lipinski definition) is 1. The van der Waals surface area contributed by atoms with Crippen LogP contribution in [0.25, 0.3) is 0 Å². The molecule has 5 heteroatoms. The summed E-state index contributed by atoms with van der Waals surface area (Å²) in [4.78, 5) is 0.424. The van der Waals surface area contributed by atoms with Crippen LogP contribution in [0, 0.1) is 0 Å². The second kappa shape index (κ2) is 5.26. The Bertz CT molecular complexity index is 276. The maximum atomic E-state index is 13.0. The molecule has 0 aliphatic heterocycles. The number of alkyl halides is 3. The van der Waals surface area contributed by atoms with E-state index in [1.807, 2.05) is 0 Å². The SMILES string of the molecule is NCC(F)c1ccc(SC(F)F)cc1. The van der Waals surface area contributed by atoms with Gasteiger partial charge in [0.05, 0.1) is 0 Å². The monoisotopic (exact) mass is 221 g/mol. The van der Waals surface area contributed by atoms with Crippen molar-refractivity contribution in [2.45, 2.75) is 16.8 Å². The van der Waals surface area contributed by atoms with E-state index in [0.29, 0.717) is 22.2 Å². The number of thioether (sulfide) groups is 1. The minimum absolute atomic E-state index is 0.0959. The minimum atomic E-state index is -2.45. The summed E-state index contributed by atoms with van der Waals surface area (Å²) in [6.45, 7) is -0.0959. The van der Waals surface area contributed by atoms with Crippen molar-refractivity contribution in [2.24, 2.45) is 5.73 Å². The Kier molecular flexibility index (Phi) is 4.28.